The fourth-order valence-electron chi connectivity index (χ4n) is 2.62. The van der Waals surface area contributed by atoms with Gasteiger partial charge >= 0.3 is 0 Å². The van der Waals surface area contributed by atoms with E-state index in [0.717, 1.165) is 16.5 Å². The number of carbonyl (C=O) groups is 1. The lowest BCUT2D eigenvalue weighted by Gasteiger charge is -2.28. The number of nitrogens with zero attached hydrogens (tertiary/aromatic N) is 2. The number of aromatic amines is 1. The van der Waals surface area contributed by atoms with Crippen LogP contribution >= 0.6 is 0 Å². The summed E-state index contributed by atoms with van der Waals surface area (Å²) in [5.41, 5.74) is 1.97. The van der Waals surface area contributed by atoms with E-state index in [1.807, 2.05) is 61.5 Å². The second kappa shape index (κ2) is 6.22. The molecule has 2 aromatic carbocycles. The lowest BCUT2D eigenvalue weighted by Crippen LogP contribution is -2.39. The second-order valence-electron chi connectivity index (χ2n) is 5.63. The molecule has 0 saturated carbocycles. The highest BCUT2D eigenvalue weighted by atomic mass is 16.3. The summed E-state index contributed by atoms with van der Waals surface area (Å²) in [7, 11) is 1.68. The van der Waals surface area contributed by atoms with Crippen LogP contribution in [0.2, 0.25) is 0 Å². The number of likely N-dealkylation sites (N-methyl/N-ethyl adjacent to an activating group) is 1. The van der Waals surface area contributed by atoms with Gasteiger partial charge in [-0.25, -0.2) is 0 Å². The van der Waals surface area contributed by atoms with Gasteiger partial charge in [0.25, 0.3) is 5.91 Å². The van der Waals surface area contributed by atoms with Gasteiger partial charge in [0, 0.05) is 12.4 Å². The van der Waals surface area contributed by atoms with Gasteiger partial charge in [-0.05, 0) is 18.6 Å². The molecule has 0 spiro atoms. The Labute approximate surface area is 134 Å². The number of hydrogen-bond acceptors (Lipinski definition) is 3. The number of nitrogens with one attached hydrogen (secondary N) is 1. The normalized spacial score (nSPS) is 13.7. The average molecular weight is 309 g/mol. The minimum Gasteiger partial charge on any atom is -0.386 e. The quantitative estimate of drug-likeness (QED) is 0.778. The third-order valence-electron chi connectivity index (χ3n) is 4.20. The Kier molecular flexibility index (Phi) is 4.12. The Morgan fingerprint density at radius 1 is 1.13 bits per heavy atom. The van der Waals surface area contributed by atoms with Crippen molar-refractivity contribution in [1.29, 1.82) is 0 Å². The summed E-state index contributed by atoms with van der Waals surface area (Å²) in [6.45, 7) is 1.82. The summed E-state index contributed by atoms with van der Waals surface area (Å²) in [5.74, 6) is -0.218. The molecular formula is C18H19N3O2. The summed E-state index contributed by atoms with van der Waals surface area (Å²) < 4.78 is 0. The van der Waals surface area contributed by atoms with E-state index in [4.69, 9.17) is 0 Å². The number of amides is 1. The van der Waals surface area contributed by atoms with E-state index in [9.17, 15) is 9.90 Å². The summed E-state index contributed by atoms with van der Waals surface area (Å²) >= 11 is 0. The van der Waals surface area contributed by atoms with Crippen LogP contribution in [0.1, 0.15) is 29.1 Å². The summed E-state index contributed by atoms with van der Waals surface area (Å²) in [5, 5.41) is 18.3. The van der Waals surface area contributed by atoms with E-state index in [1.165, 1.54) is 4.90 Å². The molecule has 2 atom stereocenters. The first-order valence-electron chi connectivity index (χ1n) is 7.53. The summed E-state index contributed by atoms with van der Waals surface area (Å²) in [6, 6.07) is 16.5. The second-order valence-corrected chi connectivity index (χ2v) is 5.63. The van der Waals surface area contributed by atoms with Gasteiger partial charge in [-0.1, -0.05) is 48.5 Å². The molecular weight excluding hydrogens is 290 g/mol. The van der Waals surface area contributed by atoms with Gasteiger partial charge < -0.3 is 10.0 Å². The van der Waals surface area contributed by atoms with E-state index < -0.39 is 6.10 Å². The zero-order valence-corrected chi connectivity index (χ0v) is 13.1. The molecule has 5 heteroatoms. The Morgan fingerprint density at radius 3 is 2.52 bits per heavy atom. The lowest BCUT2D eigenvalue weighted by atomic mass is 10.0. The van der Waals surface area contributed by atoms with Crippen LogP contribution < -0.4 is 0 Å². The minimum atomic E-state index is -0.754. The van der Waals surface area contributed by atoms with Crippen LogP contribution in [0.5, 0.6) is 0 Å². The first-order valence-corrected chi connectivity index (χ1v) is 7.53. The van der Waals surface area contributed by atoms with Crippen LogP contribution in [0.15, 0.2) is 54.6 Å². The molecule has 2 unspecified atom stereocenters. The van der Waals surface area contributed by atoms with Crippen LogP contribution in [-0.4, -0.2) is 39.2 Å². The van der Waals surface area contributed by atoms with Crippen molar-refractivity contribution in [2.24, 2.45) is 0 Å². The molecule has 1 heterocycles. The largest absolute Gasteiger partial charge is 0.386 e. The smallest absolute Gasteiger partial charge is 0.275 e. The van der Waals surface area contributed by atoms with Crippen molar-refractivity contribution in [3.8, 4) is 0 Å². The highest BCUT2D eigenvalue weighted by Crippen LogP contribution is 2.23. The molecule has 3 aromatic rings. The molecule has 0 bridgehead atoms. The molecule has 0 fully saturated rings. The Bertz CT molecular complexity index is 813. The van der Waals surface area contributed by atoms with Gasteiger partial charge in [0.05, 0.1) is 17.7 Å². The average Bonchev–Trinajstić information content (AvgIpc) is 3.04. The third kappa shape index (κ3) is 2.83. The molecule has 1 amide bonds. The summed E-state index contributed by atoms with van der Waals surface area (Å²) in [6.07, 6.45) is -0.754. The fraction of sp³-hybridized carbons (Fsp3) is 0.222. The number of benzene rings is 2. The minimum absolute atomic E-state index is 0.218. The van der Waals surface area contributed by atoms with Gasteiger partial charge in [0.15, 0.2) is 5.69 Å². The molecule has 2 N–H and O–H groups in total. The van der Waals surface area contributed by atoms with Crippen LogP contribution in [0.3, 0.4) is 0 Å². The van der Waals surface area contributed by atoms with Crippen LogP contribution in [0, 0.1) is 0 Å². The summed E-state index contributed by atoms with van der Waals surface area (Å²) in [4.78, 5) is 14.3. The standard InChI is InChI=1S/C18H19N3O2/c1-12(17(22)13-8-4-3-5-9-13)21(2)18(23)16-14-10-6-7-11-15(14)19-20-16/h3-12,17,22H,1-2H3,(H,19,20). The monoisotopic (exact) mass is 309 g/mol. The topological polar surface area (TPSA) is 69.2 Å². The van der Waals surface area contributed by atoms with Gasteiger partial charge in [-0.2, -0.15) is 5.10 Å². The molecule has 0 aliphatic heterocycles. The van der Waals surface area contributed by atoms with Crippen molar-refractivity contribution < 1.29 is 9.90 Å². The highest BCUT2D eigenvalue weighted by Gasteiger charge is 2.27. The Balaban J connectivity index is 1.84. The van der Waals surface area contributed by atoms with Crippen LogP contribution in [-0.2, 0) is 0 Å². The number of H-pyrrole nitrogens is 1. The fourth-order valence-corrected chi connectivity index (χ4v) is 2.62. The molecule has 0 aliphatic rings. The maximum atomic E-state index is 12.7. The van der Waals surface area contributed by atoms with E-state index >= 15 is 0 Å². The zero-order chi connectivity index (χ0) is 16.4. The van der Waals surface area contributed by atoms with Crippen LogP contribution in [0.25, 0.3) is 10.9 Å². The molecule has 0 aliphatic carbocycles. The van der Waals surface area contributed by atoms with Crippen molar-refractivity contribution in [3.05, 3.63) is 65.9 Å². The third-order valence-corrected chi connectivity index (χ3v) is 4.20. The zero-order valence-electron chi connectivity index (χ0n) is 13.1. The van der Waals surface area contributed by atoms with Crippen molar-refractivity contribution in [1.82, 2.24) is 15.1 Å². The van der Waals surface area contributed by atoms with Crippen molar-refractivity contribution in [2.75, 3.05) is 7.05 Å². The van der Waals surface area contributed by atoms with Crippen molar-refractivity contribution in [3.63, 3.8) is 0 Å². The first kappa shape index (κ1) is 15.2. The maximum absolute atomic E-state index is 12.7. The molecule has 118 valence electrons. The molecule has 5 nitrogen and oxygen atoms in total. The van der Waals surface area contributed by atoms with E-state index in [-0.39, 0.29) is 11.9 Å². The van der Waals surface area contributed by atoms with Crippen LogP contribution in [0.4, 0.5) is 0 Å². The lowest BCUT2D eigenvalue weighted by molar-refractivity contribution is 0.0483. The van der Waals surface area contributed by atoms with Crippen molar-refractivity contribution in [2.45, 2.75) is 19.1 Å². The number of hydrogen-bond donors (Lipinski definition) is 2. The Hall–Kier alpha value is -2.66. The molecule has 0 radical (unpaired) electrons. The van der Waals surface area contributed by atoms with Gasteiger partial charge in [0.1, 0.15) is 0 Å². The molecule has 1 aromatic heterocycles. The van der Waals surface area contributed by atoms with E-state index in [2.05, 4.69) is 10.2 Å². The number of aromatic nitrogens is 2. The highest BCUT2D eigenvalue weighted by molar-refractivity contribution is 6.04. The predicted octanol–water partition coefficient (Wildman–Crippen LogP) is 2.76. The Morgan fingerprint density at radius 2 is 1.78 bits per heavy atom. The molecule has 3 rings (SSSR count). The van der Waals surface area contributed by atoms with Gasteiger partial charge in [-0.3, -0.25) is 9.89 Å². The van der Waals surface area contributed by atoms with E-state index in [1.54, 1.807) is 7.05 Å². The van der Waals surface area contributed by atoms with Gasteiger partial charge in [-0.15, -0.1) is 0 Å². The molecule has 0 saturated heterocycles. The van der Waals surface area contributed by atoms with Crippen molar-refractivity contribution >= 4 is 16.8 Å². The predicted molar refractivity (Wildman–Crippen MR) is 89.1 cm³/mol. The number of para-hydroxylation sites is 1. The maximum Gasteiger partial charge on any atom is 0.275 e. The van der Waals surface area contributed by atoms with Gasteiger partial charge in [0.2, 0.25) is 0 Å². The number of aliphatic hydroxyl groups excluding tert-OH is 1. The number of fused-ring (bicyclic) bond motifs is 1. The van der Waals surface area contributed by atoms with E-state index in [0.29, 0.717) is 5.69 Å². The number of rotatable bonds is 4. The molecule has 23 heavy (non-hydrogen) atoms. The number of aliphatic hydroxyl groups is 1. The SMILES string of the molecule is CC(C(O)c1ccccc1)N(C)C(=O)c1n[nH]c2ccccc12. The first-order chi connectivity index (χ1) is 11.1. The number of carbonyl (C=O) groups excluding carboxylic acids is 1.